The summed E-state index contributed by atoms with van der Waals surface area (Å²) < 4.78 is 10.8. The number of allylic oxidation sites excluding steroid dienone is 1. The van der Waals surface area contributed by atoms with E-state index in [1.54, 1.807) is 0 Å². The highest BCUT2D eigenvalue weighted by Crippen LogP contribution is 2.37. The van der Waals surface area contributed by atoms with Gasteiger partial charge in [0.1, 0.15) is 6.61 Å². The number of hydrogen-bond donors (Lipinski definition) is 0. The lowest BCUT2D eigenvalue weighted by Gasteiger charge is -2.25. The van der Waals surface area contributed by atoms with E-state index in [0.717, 1.165) is 19.3 Å². The van der Waals surface area contributed by atoms with Crippen LogP contribution in [-0.4, -0.2) is 24.8 Å². The molecule has 0 radical (unpaired) electrons. The molecule has 0 aromatic rings. The van der Waals surface area contributed by atoms with Gasteiger partial charge in [-0.3, -0.25) is 0 Å². The zero-order valence-corrected chi connectivity index (χ0v) is 12.6. The molecule has 1 aliphatic rings. The number of carbonyl (C=O) groups excluding carboxylic acids is 1. The third kappa shape index (κ3) is 6.06. The maximum atomic E-state index is 11.0. The van der Waals surface area contributed by atoms with Gasteiger partial charge in [-0.1, -0.05) is 32.1 Å². The van der Waals surface area contributed by atoms with Crippen molar-refractivity contribution in [1.29, 1.82) is 0 Å². The molecule has 0 N–H and O–H groups in total. The van der Waals surface area contributed by atoms with Crippen LogP contribution in [0.4, 0.5) is 0 Å². The summed E-state index contributed by atoms with van der Waals surface area (Å²) in [7, 11) is 0. The van der Waals surface area contributed by atoms with E-state index in [1.165, 1.54) is 11.6 Å². The van der Waals surface area contributed by atoms with E-state index in [2.05, 4.69) is 26.5 Å². The van der Waals surface area contributed by atoms with Crippen molar-refractivity contribution in [3.8, 4) is 0 Å². The summed E-state index contributed by atoms with van der Waals surface area (Å²) in [6.07, 6.45) is 6.77. The van der Waals surface area contributed by atoms with Gasteiger partial charge in [0.25, 0.3) is 0 Å². The zero-order valence-electron chi connectivity index (χ0n) is 12.6. The molecule has 108 valence electrons. The second kappa shape index (κ2) is 6.38. The smallest absolute Gasteiger partial charge is 0.330 e. The molecule has 0 saturated carbocycles. The highest BCUT2D eigenvalue weighted by atomic mass is 16.6. The van der Waals surface area contributed by atoms with Gasteiger partial charge < -0.3 is 9.47 Å². The molecule has 0 aliphatic heterocycles. The Balaban J connectivity index is 2.24. The summed E-state index contributed by atoms with van der Waals surface area (Å²) in [6.45, 7) is 12.7. The summed E-state index contributed by atoms with van der Waals surface area (Å²) in [5.41, 5.74) is 1.43. The number of carbonyl (C=O) groups is 1. The topological polar surface area (TPSA) is 35.5 Å². The standard InChI is InChI=1S/C16H26O3/c1-6-14(17)18-12-16(4,5)19-10-8-13-7-9-15(2,3)11-13/h6-7H,1,8-12H2,2-5H3. The Labute approximate surface area is 116 Å². The molecule has 0 unspecified atom stereocenters. The van der Waals surface area contributed by atoms with Crippen LogP contribution in [0.15, 0.2) is 24.3 Å². The van der Waals surface area contributed by atoms with Crippen LogP contribution >= 0.6 is 0 Å². The van der Waals surface area contributed by atoms with Gasteiger partial charge >= 0.3 is 5.97 Å². The molecular weight excluding hydrogens is 240 g/mol. The molecule has 19 heavy (non-hydrogen) atoms. The first-order valence-electron chi connectivity index (χ1n) is 6.85. The first-order valence-corrected chi connectivity index (χ1v) is 6.85. The number of ether oxygens (including phenoxy) is 2. The molecule has 3 heteroatoms. The summed E-state index contributed by atoms with van der Waals surface area (Å²) in [5, 5.41) is 0. The average Bonchev–Trinajstić information content (AvgIpc) is 2.66. The molecule has 3 nitrogen and oxygen atoms in total. The minimum atomic E-state index is -0.451. The van der Waals surface area contributed by atoms with Gasteiger partial charge in [0.15, 0.2) is 0 Å². The van der Waals surface area contributed by atoms with Crippen LogP contribution in [-0.2, 0) is 14.3 Å². The molecule has 0 aromatic heterocycles. The second-order valence-electron chi connectivity index (χ2n) is 6.58. The van der Waals surface area contributed by atoms with Crippen LogP contribution in [0.5, 0.6) is 0 Å². The minimum absolute atomic E-state index is 0.252. The lowest BCUT2D eigenvalue weighted by atomic mass is 9.89. The maximum Gasteiger partial charge on any atom is 0.330 e. The van der Waals surface area contributed by atoms with Crippen molar-refractivity contribution in [2.45, 2.75) is 52.6 Å². The number of esters is 1. The molecule has 0 atom stereocenters. The van der Waals surface area contributed by atoms with E-state index in [0.29, 0.717) is 12.0 Å². The van der Waals surface area contributed by atoms with Gasteiger partial charge in [0, 0.05) is 6.08 Å². The Morgan fingerprint density at radius 2 is 2.21 bits per heavy atom. The van der Waals surface area contributed by atoms with Gasteiger partial charge in [0.05, 0.1) is 12.2 Å². The largest absolute Gasteiger partial charge is 0.459 e. The SMILES string of the molecule is C=CC(=O)OCC(C)(C)OCCC1=CCC(C)(C)C1. The average molecular weight is 266 g/mol. The van der Waals surface area contributed by atoms with E-state index in [1.807, 2.05) is 13.8 Å². The Morgan fingerprint density at radius 3 is 2.74 bits per heavy atom. The number of hydrogen-bond acceptors (Lipinski definition) is 3. The van der Waals surface area contributed by atoms with Crippen molar-refractivity contribution in [2.75, 3.05) is 13.2 Å². The van der Waals surface area contributed by atoms with Gasteiger partial charge in [-0.2, -0.15) is 0 Å². The molecule has 0 bridgehead atoms. The summed E-state index contributed by atoms with van der Waals surface area (Å²) >= 11 is 0. The fourth-order valence-corrected chi connectivity index (χ4v) is 2.17. The molecule has 0 saturated heterocycles. The van der Waals surface area contributed by atoms with E-state index in [9.17, 15) is 4.79 Å². The lowest BCUT2D eigenvalue weighted by molar-refractivity contribution is -0.147. The van der Waals surface area contributed by atoms with Crippen LogP contribution in [0.25, 0.3) is 0 Å². The van der Waals surface area contributed by atoms with Crippen molar-refractivity contribution < 1.29 is 14.3 Å². The predicted molar refractivity (Wildman–Crippen MR) is 76.9 cm³/mol. The fraction of sp³-hybridized carbons (Fsp3) is 0.688. The van der Waals surface area contributed by atoms with E-state index >= 15 is 0 Å². The minimum Gasteiger partial charge on any atom is -0.459 e. The molecule has 0 aromatic carbocycles. The van der Waals surface area contributed by atoms with Gasteiger partial charge in [-0.05, 0) is 38.5 Å². The Kier molecular flexibility index (Phi) is 5.36. The van der Waals surface area contributed by atoms with Crippen molar-refractivity contribution in [3.05, 3.63) is 24.3 Å². The first kappa shape index (κ1) is 16.0. The van der Waals surface area contributed by atoms with E-state index in [-0.39, 0.29) is 6.61 Å². The van der Waals surface area contributed by atoms with E-state index in [4.69, 9.17) is 9.47 Å². The molecule has 0 heterocycles. The Hall–Kier alpha value is -1.09. The first-order chi connectivity index (χ1) is 8.74. The molecule has 0 amide bonds. The molecular formula is C16H26O3. The lowest BCUT2D eigenvalue weighted by Crippen LogP contribution is -2.32. The van der Waals surface area contributed by atoms with Gasteiger partial charge in [0.2, 0.25) is 0 Å². The summed E-state index contributed by atoms with van der Waals surface area (Å²) in [5.74, 6) is -0.406. The third-order valence-corrected chi connectivity index (χ3v) is 3.29. The van der Waals surface area contributed by atoms with Crippen LogP contribution in [0, 0.1) is 5.41 Å². The summed E-state index contributed by atoms with van der Waals surface area (Å²) in [6, 6.07) is 0. The van der Waals surface area contributed by atoms with Crippen LogP contribution in [0.1, 0.15) is 47.0 Å². The maximum absolute atomic E-state index is 11.0. The van der Waals surface area contributed by atoms with Crippen LogP contribution < -0.4 is 0 Å². The molecule has 1 rings (SSSR count). The van der Waals surface area contributed by atoms with Crippen LogP contribution in [0.2, 0.25) is 0 Å². The van der Waals surface area contributed by atoms with Crippen molar-refractivity contribution >= 4 is 5.97 Å². The quantitative estimate of drug-likeness (QED) is 0.401. The Morgan fingerprint density at radius 1 is 1.53 bits per heavy atom. The predicted octanol–water partition coefficient (Wildman–Crippen LogP) is 3.65. The highest BCUT2D eigenvalue weighted by Gasteiger charge is 2.25. The van der Waals surface area contributed by atoms with E-state index < -0.39 is 11.6 Å². The molecule has 1 aliphatic carbocycles. The molecule has 0 spiro atoms. The zero-order chi connectivity index (χ0) is 14.5. The fourth-order valence-electron chi connectivity index (χ4n) is 2.17. The summed E-state index contributed by atoms with van der Waals surface area (Å²) in [4.78, 5) is 11.0. The monoisotopic (exact) mass is 266 g/mol. The van der Waals surface area contributed by atoms with Gasteiger partial charge in [-0.15, -0.1) is 0 Å². The van der Waals surface area contributed by atoms with Crippen molar-refractivity contribution in [2.24, 2.45) is 5.41 Å². The van der Waals surface area contributed by atoms with Crippen LogP contribution in [0.3, 0.4) is 0 Å². The van der Waals surface area contributed by atoms with Crippen molar-refractivity contribution in [1.82, 2.24) is 0 Å². The molecule has 0 fully saturated rings. The third-order valence-electron chi connectivity index (χ3n) is 3.29. The van der Waals surface area contributed by atoms with Gasteiger partial charge in [-0.25, -0.2) is 4.79 Å². The highest BCUT2D eigenvalue weighted by molar-refractivity contribution is 5.81. The normalized spacial score (nSPS) is 18.0. The van der Waals surface area contributed by atoms with Crippen molar-refractivity contribution in [3.63, 3.8) is 0 Å². The number of rotatable bonds is 7. The Bertz CT molecular complexity index is 364. The second-order valence-corrected chi connectivity index (χ2v) is 6.58.